The number of ether oxygens (including phenoxy) is 4. The number of aliphatic hydroxyl groups is 2. The number of H-pyrrole nitrogens is 1. The Morgan fingerprint density at radius 1 is 0.620 bits per heavy atom. The number of non-ortho nitro benzene ring substituents is 2. The molecule has 0 spiro atoms. The van der Waals surface area contributed by atoms with Crippen LogP contribution in [0.5, 0.6) is 17.2 Å². The van der Waals surface area contributed by atoms with Gasteiger partial charge in [0, 0.05) is 96.0 Å². The molecule has 1 saturated heterocycles. The number of aromatic amines is 1. The number of epoxide rings is 1. The monoisotopic (exact) mass is 1420 g/mol. The van der Waals surface area contributed by atoms with E-state index in [0.717, 1.165) is 15.7 Å². The molecule has 11 rings (SSSR count). The van der Waals surface area contributed by atoms with E-state index in [1.807, 2.05) is 29.0 Å². The van der Waals surface area contributed by atoms with Gasteiger partial charge in [-0.1, -0.05) is 12.1 Å². The maximum absolute atomic E-state index is 12.4. The number of carbonyl (C=O) groups is 1. The SMILES string of the molecule is O=C(O[C@@H](COc1cccnc1)Cn1ccnc1)c1ccc(I)cc1.O=[N+]([O-])c1cccc(S(=O)(=O)OC[C@H](O)Cn2ccnc2)c1.O=[N+]([O-])c1cccc(S(=O)(=O)OC[C@H]2CO2)c1.O[C@@H](COc1cccnc1)Cn1ccnc1.Oc1cccnc1.c1c[nH]cn1. The van der Waals surface area contributed by atoms with Crippen LogP contribution >= 0.6 is 22.6 Å². The van der Waals surface area contributed by atoms with Gasteiger partial charge in [0.05, 0.1) is 105 Å². The molecule has 0 radical (unpaired) electrons. The second-order valence-electron chi connectivity index (χ2n) is 18.5. The van der Waals surface area contributed by atoms with Gasteiger partial charge in [0.15, 0.2) is 6.10 Å². The first-order valence-corrected chi connectivity index (χ1v) is 30.9. The first-order chi connectivity index (χ1) is 44.3. The number of esters is 1. The smallest absolute Gasteiger partial charge is 0.338 e. The molecule has 8 heterocycles. The lowest BCUT2D eigenvalue weighted by atomic mass is 10.2. The van der Waals surface area contributed by atoms with Crippen molar-refractivity contribution in [3.05, 3.63) is 251 Å². The molecular weight excluding hydrogens is 1360 g/mol. The summed E-state index contributed by atoms with van der Waals surface area (Å²) in [5.74, 6) is 1.12. The number of halogens is 1. The zero-order chi connectivity index (χ0) is 66.0. The molecule has 3 aromatic carbocycles. The van der Waals surface area contributed by atoms with Crippen LogP contribution in [0.2, 0.25) is 0 Å². The van der Waals surface area contributed by atoms with E-state index in [1.165, 1.54) is 55.1 Å². The summed E-state index contributed by atoms with van der Waals surface area (Å²) in [4.78, 5) is 61.3. The fourth-order valence-electron chi connectivity index (χ4n) is 6.90. The molecule has 4 atom stereocenters. The van der Waals surface area contributed by atoms with Crippen molar-refractivity contribution in [3.8, 4) is 17.2 Å². The molecule has 7 aromatic heterocycles. The number of imidazole rings is 4. The number of pyridine rings is 3. The highest BCUT2D eigenvalue weighted by atomic mass is 127. The van der Waals surface area contributed by atoms with Gasteiger partial charge in [0.1, 0.15) is 52.5 Å². The molecule has 0 bridgehead atoms. The number of nitrogens with zero attached hydrogens (tertiary/aromatic N) is 12. The van der Waals surface area contributed by atoms with E-state index >= 15 is 0 Å². The summed E-state index contributed by atoms with van der Waals surface area (Å²) in [5, 5.41) is 49.1. The van der Waals surface area contributed by atoms with Gasteiger partial charge in [-0.3, -0.25) is 43.5 Å². The topological polar surface area (TPSA) is 412 Å². The highest BCUT2D eigenvalue weighted by molar-refractivity contribution is 14.1. The number of benzene rings is 3. The summed E-state index contributed by atoms with van der Waals surface area (Å²) in [6.07, 6.45) is 27.3. The number of nitro benzene ring substituents is 2. The predicted molar refractivity (Wildman–Crippen MR) is 333 cm³/mol. The average molecular weight is 1420 g/mol. The maximum Gasteiger partial charge on any atom is 0.338 e. The molecule has 1 aliphatic heterocycles. The third-order valence-corrected chi connectivity index (χ3v) is 14.6. The van der Waals surface area contributed by atoms with Crippen molar-refractivity contribution in [1.82, 2.24) is 53.6 Å². The molecule has 92 heavy (non-hydrogen) atoms. The van der Waals surface area contributed by atoms with Gasteiger partial charge >= 0.3 is 5.97 Å². The second kappa shape index (κ2) is 37.9. The number of aliphatic hydroxyl groups excluding tert-OH is 2. The molecule has 0 amide bonds. The van der Waals surface area contributed by atoms with Crippen molar-refractivity contribution in [2.24, 2.45) is 0 Å². The van der Waals surface area contributed by atoms with Gasteiger partial charge < -0.3 is 53.0 Å². The third-order valence-electron chi connectivity index (χ3n) is 11.3. The van der Waals surface area contributed by atoms with Crippen molar-refractivity contribution >= 4 is 60.2 Å². The van der Waals surface area contributed by atoms with E-state index in [0.29, 0.717) is 36.8 Å². The van der Waals surface area contributed by atoms with Crippen LogP contribution in [0.1, 0.15) is 10.4 Å². The van der Waals surface area contributed by atoms with E-state index in [9.17, 15) is 52.1 Å². The Morgan fingerprint density at radius 2 is 1.12 bits per heavy atom. The summed E-state index contributed by atoms with van der Waals surface area (Å²) in [7, 11) is -8.14. The van der Waals surface area contributed by atoms with E-state index in [1.54, 1.807) is 139 Å². The second-order valence-corrected chi connectivity index (χ2v) is 23.0. The van der Waals surface area contributed by atoms with Crippen molar-refractivity contribution in [3.63, 3.8) is 0 Å². The number of carbonyl (C=O) groups excluding carboxylic acids is 1. The molecule has 31 nitrogen and oxygen atoms in total. The molecule has 1 fully saturated rings. The van der Waals surface area contributed by atoms with Crippen molar-refractivity contribution in [1.29, 1.82) is 0 Å². The van der Waals surface area contributed by atoms with E-state index in [2.05, 4.69) is 62.5 Å². The van der Waals surface area contributed by atoms with Crippen molar-refractivity contribution in [2.45, 2.75) is 53.8 Å². The third kappa shape index (κ3) is 27.4. The highest BCUT2D eigenvalue weighted by Gasteiger charge is 2.28. The minimum atomic E-state index is -4.18. The molecule has 10 aromatic rings. The zero-order valence-electron chi connectivity index (χ0n) is 48.3. The zero-order valence-corrected chi connectivity index (χ0v) is 52.1. The number of hydrogen-bond acceptors (Lipinski definition) is 25. The predicted octanol–water partition coefficient (Wildman–Crippen LogP) is 6.36. The van der Waals surface area contributed by atoms with Gasteiger partial charge in [-0.25, -0.2) is 24.7 Å². The first-order valence-electron chi connectivity index (χ1n) is 27.0. The van der Waals surface area contributed by atoms with E-state index in [-0.39, 0.29) is 65.4 Å². The Morgan fingerprint density at radius 3 is 1.53 bits per heavy atom. The normalized spacial score (nSPS) is 13.0. The Labute approximate surface area is 539 Å². The van der Waals surface area contributed by atoms with Crippen LogP contribution in [0.4, 0.5) is 11.4 Å². The van der Waals surface area contributed by atoms with Crippen LogP contribution in [0.25, 0.3) is 0 Å². The summed E-state index contributed by atoms with van der Waals surface area (Å²) < 4.78 is 84.4. The van der Waals surface area contributed by atoms with Crippen LogP contribution in [-0.4, -0.2) is 159 Å². The molecule has 4 N–H and O–H groups in total. The van der Waals surface area contributed by atoms with Crippen molar-refractivity contribution < 1.29 is 74.1 Å². The van der Waals surface area contributed by atoms with Gasteiger partial charge in [0.2, 0.25) is 0 Å². The summed E-state index contributed by atoms with van der Waals surface area (Å²) in [6.45, 7) is 1.45. The number of rotatable bonds is 24. The number of nitrogens with one attached hydrogen (secondary N) is 1. The van der Waals surface area contributed by atoms with E-state index in [4.69, 9.17) is 32.4 Å². The standard InChI is InChI=1S/C18H16IN3O3.C12H13N3O6S.C11H13N3O2.C9H9NO6S.C5H5NO.C3H4N2/c19-15-5-3-14(4-6-15)18(23)25-17(11-22-9-8-21-13-22)12-24-16-2-1-7-20-10-16;16-11(7-14-5-4-13-9-14)8-21-22(19,20)12-3-1-2-10(6-12)15(17)18;15-10(7-14-5-4-13-9-14)8-16-11-2-1-3-12-6-11;11-10(12)7-2-1-3-9(4-7)17(13,14)16-6-8-5-15-8;7-5-2-1-3-6-4-5;1-2-5-3-4-1/h1-10,13,17H,11-12H2;1-6,9,11,16H,7-8H2;1-6,9-10,15H,7-8H2;1-4,8H,5-6H2;1-4,7H;1-3H,(H,4,5)/t17-;11-;10-;8-;;/m1111../s1. The summed E-state index contributed by atoms with van der Waals surface area (Å²) in [6, 6.07) is 26.9. The number of nitro groups is 2. The number of aromatic nitrogens is 11. The molecule has 484 valence electrons. The minimum absolute atomic E-state index is 0.0645. The average Bonchev–Trinajstić information content (AvgIpc) is 1.15. The van der Waals surface area contributed by atoms with E-state index < -0.39 is 55.0 Å². The summed E-state index contributed by atoms with van der Waals surface area (Å²) >= 11 is 2.19. The van der Waals surface area contributed by atoms with Gasteiger partial charge in [-0.05, 0) is 95.4 Å². The Balaban J connectivity index is 0.000000185. The van der Waals surface area contributed by atoms with Gasteiger partial charge in [-0.15, -0.1) is 0 Å². The van der Waals surface area contributed by atoms with Gasteiger partial charge in [0.25, 0.3) is 31.6 Å². The number of aromatic hydroxyl groups is 1. The largest absolute Gasteiger partial charge is 0.506 e. The maximum atomic E-state index is 12.4. The van der Waals surface area contributed by atoms with Crippen LogP contribution in [0, 0.1) is 23.8 Å². The minimum Gasteiger partial charge on any atom is -0.506 e. The molecule has 0 aliphatic carbocycles. The fourth-order valence-corrected chi connectivity index (χ4v) is 9.21. The number of hydrogen-bond donors (Lipinski definition) is 4. The Hall–Kier alpha value is -9.95. The lowest BCUT2D eigenvalue weighted by Crippen LogP contribution is -2.29. The van der Waals surface area contributed by atoms with Crippen LogP contribution in [0.3, 0.4) is 0 Å². The van der Waals surface area contributed by atoms with Gasteiger partial charge in [-0.2, -0.15) is 16.8 Å². The molecule has 1 aliphatic rings. The van der Waals surface area contributed by atoms with Crippen LogP contribution in [0.15, 0.2) is 231 Å². The lowest BCUT2D eigenvalue weighted by Gasteiger charge is -2.19. The van der Waals surface area contributed by atoms with Crippen LogP contribution < -0.4 is 9.47 Å². The Bertz CT molecular complexity index is 3910. The lowest BCUT2D eigenvalue weighted by molar-refractivity contribution is -0.385. The van der Waals surface area contributed by atoms with Crippen molar-refractivity contribution in [2.75, 3.05) is 33.0 Å². The quantitative estimate of drug-likeness (QED) is 0.0128. The molecule has 34 heteroatoms. The Kier molecular flexibility index (Phi) is 29.3. The fraction of sp³-hybridized carbons (Fsp3) is 0.207. The summed E-state index contributed by atoms with van der Waals surface area (Å²) in [5.41, 5.74) is -0.140. The molecule has 0 saturated carbocycles. The van der Waals surface area contributed by atoms with Crippen LogP contribution in [-0.2, 0) is 57.7 Å². The molecular formula is C58H60IN13O18S2. The molecule has 0 unspecified atom stereocenters. The first kappa shape index (κ1) is 71.1. The highest BCUT2D eigenvalue weighted by Crippen LogP contribution is 2.22.